The minimum atomic E-state index is -2.22. The molecule has 2 aromatic carbocycles. The highest BCUT2D eigenvalue weighted by Crippen LogP contribution is 2.31. The summed E-state index contributed by atoms with van der Waals surface area (Å²) >= 11 is 0. The molecular formula is C19H12O12. The van der Waals surface area contributed by atoms with Crippen LogP contribution in [0.1, 0.15) is 67.7 Å². The van der Waals surface area contributed by atoms with Gasteiger partial charge in [0.2, 0.25) is 0 Å². The standard InChI is InChI=1S/C19H12O12/c1-6-2-4-7(5-3-6)31-19(30)13-11(17(26)27)9(15(22)23)8(14(20)21)10(16(24)25)12(13)18(28)29/h2-5H,1H3,(H,20,21)(H,22,23)(H,24,25)(H,26,27)(H,28,29). The van der Waals surface area contributed by atoms with Gasteiger partial charge < -0.3 is 30.3 Å². The van der Waals surface area contributed by atoms with Crippen molar-refractivity contribution < 1.29 is 59.0 Å². The van der Waals surface area contributed by atoms with Crippen LogP contribution in [0.15, 0.2) is 24.3 Å². The number of carbonyl (C=O) groups is 6. The molecule has 0 aromatic heterocycles. The Balaban J connectivity index is 3.04. The van der Waals surface area contributed by atoms with E-state index in [0.29, 0.717) is 0 Å². The van der Waals surface area contributed by atoms with Crippen molar-refractivity contribution in [3.8, 4) is 5.75 Å². The molecule has 0 amide bonds. The minimum absolute atomic E-state index is 0.195. The van der Waals surface area contributed by atoms with E-state index in [-0.39, 0.29) is 5.75 Å². The topological polar surface area (TPSA) is 213 Å². The molecule has 5 N–H and O–H groups in total. The maximum Gasteiger partial charge on any atom is 0.345 e. The molecule has 12 nitrogen and oxygen atoms in total. The van der Waals surface area contributed by atoms with Crippen LogP contribution in [0.4, 0.5) is 0 Å². The van der Waals surface area contributed by atoms with Gasteiger partial charge in [0.25, 0.3) is 0 Å². The lowest BCUT2D eigenvalue weighted by molar-refractivity contribution is 0.0597. The second-order valence-electron chi connectivity index (χ2n) is 5.98. The van der Waals surface area contributed by atoms with E-state index in [4.69, 9.17) is 4.74 Å². The van der Waals surface area contributed by atoms with Crippen molar-refractivity contribution in [3.05, 3.63) is 63.2 Å². The quantitative estimate of drug-likeness (QED) is 0.312. The van der Waals surface area contributed by atoms with Crippen molar-refractivity contribution in [1.29, 1.82) is 0 Å². The first-order valence-corrected chi connectivity index (χ1v) is 8.07. The average Bonchev–Trinajstić information content (AvgIpc) is 2.66. The largest absolute Gasteiger partial charge is 0.478 e. The van der Waals surface area contributed by atoms with Gasteiger partial charge in [0.15, 0.2) is 0 Å². The van der Waals surface area contributed by atoms with Crippen molar-refractivity contribution in [3.63, 3.8) is 0 Å². The summed E-state index contributed by atoms with van der Waals surface area (Å²) < 4.78 is 4.91. The first kappa shape index (κ1) is 22.5. The molecule has 0 bridgehead atoms. The van der Waals surface area contributed by atoms with Crippen molar-refractivity contribution >= 4 is 35.8 Å². The third-order valence-corrected chi connectivity index (χ3v) is 4.00. The van der Waals surface area contributed by atoms with Crippen molar-refractivity contribution in [1.82, 2.24) is 0 Å². The van der Waals surface area contributed by atoms with Crippen molar-refractivity contribution in [2.45, 2.75) is 6.92 Å². The smallest absolute Gasteiger partial charge is 0.345 e. The number of carbonyl (C=O) groups excluding carboxylic acids is 1. The fraction of sp³-hybridized carbons (Fsp3) is 0.0526. The SMILES string of the molecule is Cc1ccc(OC(=O)c2c(C(=O)O)c(C(=O)O)c(C(=O)O)c(C(=O)O)c2C(=O)O)cc1. The summed E-state index contributed by atoms with van der Waals surface area (Å²) in [6.45, 7) is 1.69. The first-order valence-electron chi connectivity index (χ1n) is 8.07. The predicted octanol–water partition coefficient (Wildman–Crippen LogP) is 1.71. The van der Waals surface area contributed by atoms with Gasteiger partial charge in [-0.2, -0.15) is 0 Å². The highest BCUT2D eigenvalue weighted by Gasteiger charge is 2.41. The Hall–Kier alpha value is -4.74. The van der Waals surface area contributed by atoms with Crippen LogP contribution in [-0.4, -0.2) is 61.3 Å². The van der Waals surface area contributed by atoms with Crippen LogP contribution in [0.3, 0.4) is 0 Å². The highest BCUT2D eigenvalue weighted by atomic mass is 16.5. The van der Waals surface area contributed by atoms with E-state index in [1.807, 2.05) is 0 Å². The number of rotatable bonds is 7. The molecule has 160 valence electrons. The number of benzene rings is 2. The number of carboxylic acid groups (broad SMARTS) is 5. The van der Waals surface area contributed by atoms with Gasteiger partial charge in [-0.3, -0.25) is 0 Å². The summed E-state index contributed by atoms with van der Waals surface area (Å²) in [4.78, 5) is 71.1. The zero-order valence-corrected chi connectivity index (χ0v) is 15.4. The molecule has 2 rings (SSSR count). The molecular weight excluding hydrogens is 420 g/mol. The zero-order chi connectivity index (χ0) is 23.6. The van der Waals surface area contributed by atoms with Gasteiger partial charge >= 0.3 is 35.8 Å². The molecule has 0 unspecified atom stereocenters. The van der Waals surface area contributed by atoms with E-state index < -0.39 is 69.2 Å². The maximum absolute atomic E-state index is 12.7. The molecule has 0 saturated heterocycles. The molecule has 0 radical (unpaired) electrons. The van der Waals surface area contributed by atoms with E-state index in [9.17, 15) is 54.3 Å². The van der Waals surface area contributed by atoms with E-state index in [0.717, 1.165) is 5.56 Å². The number of carboxylic acids is 5. The predicted molar refractivity (Wildman–Crippen MR) is 97.4 cm³/mol. The number of hydrogen-bond acceptors (Lipinski definition) is 7. The first-order chi connectivity index (χ1) is 14.4. The van der Waals surface area contributed by atoms with Gasteiger partial charge in [0, 0.05) is 0 Å². The Bertz CT molecular complexity index is 1100. The van der Waals surface area contributed by atoms with E-state index in [1.54, 1.807) is 6.92 Å². The summed E-state index contributed by atoms with van der Waals surface area (Å²) in [5.74, 6) is -12.9. The number of aromatic carboxylic acids is 5. The second-order valence-corrected chi connectivity index (χ2v) is 5.98. The van der Waals surface area contributed by atoms with Gasteiger partial charge in [-0.1, -0.05) is 17.7 Å². The Morgan fingerprint density at radius 3 is 1.13 bits per heavy atom. The number of aryl methyl sites for hydroxylation is 1. The fourth-order valence-corrected chi connectivity index (χ4v) is 2.79. The fourth-order valence-electron chi connectivity index (χ4n) is 2.79. The molecule has 0 aliphatic rings. The lowest BCUT2D eigenvalue weighted by Crippen LogP contribution is -2.29. The summed E-state index contributed by atoms with van der Waals surface area (Å²) in [7, 11) is 0. The van der Waals surface area contributed by atoms with Crippen LogP contribution in [0.5, 0.6) is 5.75 Å². The molecule has 31 heavy (non-hydrogen) atoms. The van der Waals surface area contributed by atoms with Crippen LogP contribution in [0, 0.1) is 6.92 Å². The molecule has 0 spiro atoms. The highest BCUT2D eigenvalue weighted by molar-refractivity contribution is 6.23. The van der Waals surface area contributed by atoms with Crippen LogP contribution >= 0.6 is 0 Å². The molecule has 2 aromatic rings. The maximum atomic E-state index is 12.7. The normalized spacial score (nSPS) is 10.2. The second kappa shape index (κ2) is 8.32. The molecule has 12 heteroatoms. The third kappa shape index (κ3) is 4.17. The van der Waals surface area contributed by atoms with Crippen molar-refractivity contribution in [2.24, 2.45) is 0 Å². The van der Waals surface area contributed by atoms with E-state index in [2.05, 4.69) is 0 Å². The summed E-state index contributed by atoms with van der Waals surface area (Å²) in [5.41, 5.74) is -8.54. The third-order valence-electron chi connectivity index (χ3n) is 4.00. The molecule has 0 heterocycles. The number of esters is 1. The van der Waals surface area contributed by atoms with Crippen LogP contribution in [0.2, 0.25) is 0 Å². The molecule has 0 fully saturated rings. The van der Waals surface area contributed by atoms with Crippen molar-refractivity contribution in [2.75, 3.05) is 0 Å². The molecule has 0 aliphatic carbocycles. The average molecular weight is 432 g/mol. The molecule has 0 aliphatic heterocycles. The van der Waals surface area contributed by atoms with Gasteiger partial charge in [-0.05, 0) is 19.1 Å². The summed E-state index contributed by atoms with van der Waals surface area (Å²) in [6, 6.07) is 5.49. The lowest BCUT2D eigenvalue weighted by atomic mass is 9.86. The molecule has 0 saturated carbocycles. The molecule has 0 atom stereocenters. The summed E-state index contributed by atoms with van der Waals surface area (Å²) in [6.07, 6.45) is 0. The van der Waals surface area contributed by atoms with Gasteiger partial charge in [0.1, 0.15) is 5.75 Å². The van der Waals surface area contributed by atoms with E-state index >= 15 is 0 Å². The van der Waals surface area contributed by atoms with E-state index in [1.165, 1.54) is 24.3 Å². The zero-order valence-electron chi connectivity index (χ0n) is 15.4. The van der Waals surface area contributed by atoms with Gasteiger partial charge in [-0.15, -0.1) is 0 Å². The summed E-state index contributed by atoms with van der Waals surface area (Å²) in [5, 5.41) is 47.1. The number of ether oxygens (including phenoxy) is 1. The Labute approximate surface area is 171 Å². The Morgan fingerprint density at radius 1 is 0.548 bits per heavy atom. The number of hydrogen-bond donors (Lipinski definition) is 5. The van der Waals surface area contributed by atoms with Gasteiger partial charge in [-0.25, -0.2) is 28.8 Å². The van der Waals surface area contributed by atoms with Gasteiger partial charge in [0.05, 0.1) is 33.4 Å². The van der Waals surface area contributed by atoms with Crippen LogP contribution < -0.4 is 4.74 Å². The monoisotopic (exact) mass is 432 g/mol. The Kier molecular flexibility index (Phi) is 6.05. The van der Waals surface area contributed by atoms with Crippen LogP contribution in [-0.2, 0) is 0 Å². The Morgan fingerprint density at radius 2 is 0.839 bits per heavy atom. The lowest BCUT2D eigenvalue weighted by Gasteiger charge is -2.17. The minimum Gasteiger partial charge on any atom is -0.478 e. The van der Waals surface area contributed by atoms with Crippen LogP contribution in [0.25, 0.3) is 0 Å².